The van der Waals surface area contributed by atoms with Crippen molar-refractivity contribution in [2.75, 3.05) is 6.54 Å². The van der Waals surface area contributed by atoms with Gasteiger partial charge < -0.3 is 0 Å². The monoisotopic (exact) mass is 226 g/mol. The Morgan fingerprint density at radius 2 is 1.76 bits per heavy atom. The van der Waals surface area contributed by atoms with Gasteiger partial charge in [-0.25, -0.2) is 0 Å². The maximum atomic E-state index is 4.25. The lowest BCUT2D eigenvalue weighted by atomic mass is 10.1. The number of unbranched alkanes of at least 4 members (excludes halogenated alkanes) is 2. The van der Waals surface area contributed by atoms with Crippen molar-refractivity contribution in [3.05, 3.63) is 42.5 Å². The minimum Gasteiger partial charge on any atom is -0.189 e. The van der Waals surface area contributed by atoms with Crippen molar-refractivity contribution in [2.45, 2.75) is 26.2 Å². The highest BCUT2D eigenvalue weighted by Gasteiger charge is 1.93. The van der Waals surface area contributed by atoms with Crippen LogP contribution in [0.5, 0.6) is 0 Å². The summed E-state index contributed by atoms with van der Waals surface area (Å²) < 4.78 is 0. The average Bonchev–Trinajstić information content (AvgIpc) is 2.38. The summed E-state index contributed by atoms with van der Waals surface area (Å²) >= 11 is 0. The van der Waals surface area contributed by atoms with Crippen LogP contribution in [0, 0.1) is 0 Å². The molecule has 2 heteroatoms. The van der Waals surface area contributed by atoms with Crippen molar-refractivity contribution >= 4 is 16.5 Å². The Bertz CT molecular complexity index is 503. The van der Waals surface area contributed by atoms with Gasteiger partial charge >= 0.3 is 0 Å². The highest BCUT2D eigenvalue weighted by Crippen LogP contribution is 2.21. The summed E-state index contributed by atoms with van der Waals surface area (Å²) in [6.45, 7) is 3.03. The van der Waals surface area contributed by atoms with Crippen LogP contribution in [-0.2, 0) is 0 Å². The lowest BCUT2D eigenvalue weighted by Gasteiger charge is -1.98. The van der Waals surface area contributed by atoms with E-state index in [1.54, 1.807) is 0 Å². The van der Waals surface area contributed by atoms with E-state index in [9.17, 15) is 0 Å². The zero-order valence-corrected chi connectivity index (χ0v) is 10.3. The third-order valence-corrected chi connectivity index (χ3v) is 2.78. The maximum Gasteiger partial charge on any atom is 0.0858 e. The minimum absolute atomic E-state index is 0.834. The summed E-state index contributed by atoms with van der Waals surface area (Å²) in [4.78, 5) is 0. The summed E-state index contributed by atoms with van der Waals surface area (Å²) in [6.07, 6.45) is 3.59. The normalized spacial score (nSPS) is 11.4. The number of hydrogen-bond acceptors (Lipinski definition) is 2. The van der Waals surface area contributed by atoms with Crippen LogP contribution in [0.25, 0.3) is 10.8 Å². The van der Waals surface area contributed by atoms with E-state index in [1.165, 1.54) is 23.6 Å². The van der Waals surface area contributed by atoms with E-state index in [2.05, 4.69) is 41.4 Å². The number of rotatable bonds is 5. The van der Waals surface area contributed by atoms with Gasteiger partial charge in [0.25, 0.3) is 0 Å². The Morgan fingerprint density at radius 3 is 2.59 bits per heavy atom. The van der Waals surface area contributed by atoms with Crippen molar-refractivity contribution in [2.24, 2.45) is 10.2 Å². The predicted octanol–water partition coefficient (Wildman–Crippen LogP) is 5.11. The molecule has 0 saturated heterocycles. The van der Waals surface area contributed by atoms with E-state index >= 15 is 0 Å². The highest BCUT2D eigenvalue weighted by molar-refractivity contribution is 5.84. The first-order chi connectivity index (χ1) is 8.40. The van der Waals surface area contributed by atoms with E-state index in [0.717, 1.165) is 18.7 Å². The highest BCUT2D eigenvalue weighted by atomic mass is 15.1. The molecule has 0 unspecified atom stereocenters. The second kappa shape index (κ2) is 6.14. The summed E-state index contributed by atoms with van der Waals surface area (Å²) in [5.74, 6) is 0. The van der Waals surface area contributed by atoms with Crippen LogP contribution in [0.3, 0.4) is 0 Å². The minimum atomic E-state index is 0.834. The number of fused-ring (bicyclic) bond motifs is 1. The zero-order valence-electron chi connectivity index (χ0n) is 10.3. The lowest BCUT2D eigenvalue weighted by Crippen LogP contribution is -1.78. The Kier molecular flexibility index (Phi) is 4.25. The fraction of sp³-hybridized carbons (Fsp3) is 0.333. The molecule has 0 aromatic heterocycles. The zero-order chi connectivity index (χ0) is 11.9. The van der Waals surface area contributed by atoms with Crippen molar-refractivity contribution in [3.8, 4) is 0 Å². The Hall–Kier alpha value is -1.70. The van der Waals surface area contributed by atoms with Crippen molar-refractivity contribution in [1.82, 2.24) is 0 Å². The number of azo groups is 1. The molecule has 2 nitrogen and oxygen atoms in total. The van der Waals surface area contributed by atoms with E-state index < -0.39 is 0 Å². The Balaban J connectivity index is 2.04. The molecule has 2 aromatic carbocycles. The van der Waals surface area contributed by atoms with Gasteiger partial charge in [-0.3, -0.25) is 0 Å². The Labute approximate surface area is 102 Å². The predicted molar refractivity (Wildman–Crippen MR) is 72.9 cm³/mol. The molecule has 0 aliphatic heterocycles. The molecule has 88 valence electrons. The third-order valence-electron chi connectivity index (χ3n) is 2.78. The molecule has 0 N–H and O–H groups in total. The molecule has 0 atom stereocenters. The number of benzene rings is 2. The fourth-order valence-corrected chi connectivity index (χ4v) is 1.80. The van der Waals surface area contributed by atoms with Crippen molar-refractivity contribution in [1.29, 1.82) is 0 Å². The second-order valence-corrected chi connectivity index (χ2v) is 4.20. The molecule has 0 spiro atoms. The molecule has 0 aliphatic rings. The molecule has 17 heavy (non-hydrogen) atoms. The topological polar surface area (TPSA) is 24.7 Å². The van der Waals surface area contributed by atoms with Crippen LogP contribution in [0.4, 0.5) is 5.69 Å². The van der Waals surface area contributed by atoms with Gasteiger partial charge in [-0.05, 0) is 29.3 Å². The van der Waals surface area contributed by atoms with Crippen molar-refractivity contribution in [3.63, 3.8) is 0 Å². The van der Waals surface area contributed by atoms with Gasteiger partial charge in [-0.2, -0.15) is 10.2 Å². The van der Waals surface area contributed by atoms with Crippen molar-refractivity contribution < 1.29 is 0 Å². The molecular weight excluding hydrogens is 208 g/mol. The van der Waals surface area contributed by atoms with Crippen LogP contribution >= 0.6 is 0 Å². The van der Waals surface area contributed by atoms with Gasteiger partial charge in [0.05, 0.1) is 12.2 Å². The first-order valence-electron chi connectivity index (χ1n) is 6.26. The van der Waals surface area contributed by atoms with Gasteiger partial charge in [0.15, 0.2) is 0 Å². The molecule has 0 heterocycles. The molecule has 0 amide bonds. The molecule has 0 radical (unpaired) electrons. The SMILES string of the molecule is CCCCC/N=N/c1ccc2ccccc2c1. The second-order valence-electron chi connectivity index (χ2n) is 4.20. The molecule has 2 rings (SSSR count). The first kappa shape index (κ1) is 11.8. The van der Waals surface area contributed by atoms with Gasteiger partial charge in [0.1, 0.15) is 0 Å². The lowest BCUT2D eigenvalue weighted by molar-refractivity contribution is 0.713. The first-order valence-corrected chi connectivity index (χ1v) is 6.26. The standard InChI is InChI=1S/C15H18N2/c1-2-3-6-11-16-17-15-10-9-13-7-4-5-8-14(13)12-15/h4-5,7-10,12H,2-3,6,11H2,1H3/b17-16+. The quantitative estimate of drug-likeness (QED) is 0.499. The number of nitrogens with zero attached hydrogens (tertiary/aromatic N) is 2. The fourth-order valence-electron chi connectivity index (χ4n) is 1.80. The third kappa shape index (κ3) is 3.38. The van der Waals surface area contributed by atoms with E-state index in [1.807, 2.05) is 18.2 Å². The van der Waals surface area contributed by atoms with E-state index in [-0.39, 0.29) is 0 Å². The van der Waals surface area contributed by atoms with Crippen LogP contribution in [0.15, 0.2) is 52.7 Å². The molecule has 0 fully saturated rings. The van der Waals surface area contributed by atoms with E-state index in [4.69, 9.17) is 0 Å². The smallest absolute Gasteiger partial charge is 0.0858 e. The van der Waals surface area contributed by atoms with Gasteiger partial charge in [-0.1, -0.05) is 50.1 Å². The summed E-state index contributed by atoms with van der Waals surface area (Å²) in [7, 11) is 0. The Morgan fingerprint density at radius 1 is 0.941 bits per heavy atom. The van der Waals surface area contributed by atoms with Crippen LogP contribution in [-0.4, -0.2) is 6.54 Å². The van der Waals surface area contributed by atoms with E-state index in [0.29, 0.717) is 0 Å². The van der Waals surface area contributed by atoms with Gasteiger partial charge in [0.2, 0.25) is 0 Å². The summed E-state index contributed by atoms with van der Waals surface area (Å²) in [5, 5.41) is 10.9. The number of hydrogen-bond donors (Lipinski definition) is 0. The van der Waals surface area contributed by atoms with Gasteiger partial charge in [-0.15, -0.1) is 0 Å². The summed E-state index contributed by atoms with van der Waals surface area (Å²) in [6, 6.07) is 14.5. The molecule has 0 bridgehead atoms. The van der Waals surface area contributed by atoms with Crippen LogP contribution < -0.4 is 0 Å². The summed E-state index contributed by atoms with van der Waals surface area (Å²) in [5.41, 5.74) is 0.945. The van der Waals surface area contributed by atoms with Gasteiger partial charge in [0, 0.05) is 0 Å². The largest absolute Gasteiger partial charge is 0.189 e. The molecule has 0 aliphatic carbocycles. The average molecular weight is 226 g/mol. The molecular formula is C15H18N2. The molecule has 0 saturated carbocycles. The van der Waals surface area contributed by atoms with Crippen LogP contribution in [0.1, 0.15) is 26.2 Å². The van der Waals surface area contributed by atoms with Crippen LogP contribution in [0.2, 0.25) is 0 Å². The molecule has 2 aromatic rings. The maximum absolute atomic E-state index is 4.25.